The Morgan fingerprint density at radius 2 is 2.08 bits per heavy atom. The summed E-state index contributed by atoms with van der Waals surface area (Å²) >= 11 is 0. The molecule has 0 aromatic carbocycles. The molecule has 1 heterocycles. The Morgan fingerprint density at radius 3 is 2.92 bits per heavy atom. The average molecular weight is 168 g/mol. The van der Waals surface area contributed by atoms with Crippen LogP contribution in [0.15, 0.2) is 0 Å². The van der Waals surface area contributed by atoms with Crippen LogP contribution in [-0.2, 0) is 9.53 Å². The zero-order valence-corrected chi connectivity index (χ0v) is 7.58. The zero-order valence-electron chi connectivity index (χ0n) is 7.58. The first-order chi connectivity index (χ1) is 5.77. The number of hydrogen-bond donors (Lipinski definition) is 0. The summed E-state index contributed by atoms with van der Waals surface area (Å²) in [5.74, 6) is 0.842. The van der Waals surface area contributed by atoms with E-state index in [-0.39, 0.29) is 18.0 Å². The van der Waals surface area contributed by atoms with Gasteiger partial charge in [-0.05, 0) is 31.6 Å². The molecule has 1 saturated heterocycles. The van der Waals surface area contributed by atoms with Gasteiger partial charge in [-0.3, -0.25) is 4.79 Å². The molecule has 0 bridgehead atoms. The highest BCUT2D eigenvalue weighted by atomic mass is 16.5. The van der Waals surface area contributed by atoms with Crippen molar-refractivity contribution in [3.05, 3.63) is 0 Å². The third-order valence-corrected chi connectivity index (χ3v) is 3.17. The van der Waals surface area contributed by atoms with Crippen molar-refractivity contribution in [1.82, 2.24) is 0 Å². The molecule has 0 spiro atoms. The van der Waals surface area contributed by atoms with Crippen LogP contribution in [0.2, 0.25) is 0 Å². The smallest absolute Gasteiger partial charge is 0.308 e. The molecule has 2 rings (SSSR count). The summed E-state index contributed by atoms with van der Waals surface area (Å²) in [6.07, 6.45) is 6.26. The van der Waals surface area contributed by atoms with E-state index >= 15 is 0 Å². The van der Waals surface area contributed by atoms with Gasteiger partial charge in [0, 0.05) is 0 Å². The van der Waals surface area contributed by atoms with Crippen LogP contribution in [-0.4, -0.2) is 12.1 Å². The quantitative estimate of drug-likeness (QED) is 0.518. The van der Waals surface area contributed by atoms with E-state index in [1.807, 2.05) is 6.92 Å². The number of fused-ring (bicyclic) bond motifs is 1. The van der Waals surface area contributed by atoms with E-state index in [0.29, 0.717) is 5.92 Å². The van der Waals surface area contributed by atoms with Crippen molar-refractivity contribution in [3.63, 3.8) is 0 Å². The molecular weight excluding hydrogens is 152 g/mol. The summed E-state index contributed by atoms with van der Waals surface area (Å²) in [4.78, 5) is 11.2. The molecular formula is C10H16O2. The topological polar surface area (TPSA) is 26.3 Å². The summed E-state index contributed by atoms with van der Waals surface area (Å²) in [6, 6.07) is 0. The summed E-state index contributed by atoms with van der Waals surface area (Å²) < 4.78 is 5.36. The third-order valence-electron chi connectivity index (χ3n) is 3.17. The fraction of sp³-hybridized carbons (Fsp3) is 0.900. The Labute approximate surface area is 73.3 Å². The van der Waals surface area contributed by atoms with Gasteiger partial charge in [-0.2, -0.15) is 0 Å². The normalized spacial score (nSPS) is 41.8. The number of ether oxygens (including phenoxy) is 1. The van der Waals surface area contributed by atoms with E-state index < -0.39 is 0 Å². The molecule has 1 aliphatic carbocycles. The molecule has 0 aromatic rings. The van der Waals surface area contributed by atoms with Crippen molar-refractivity contribution in [1.29, 1.82) is 0 Å². The monoisotopic (exact) mass is 168 g/mol. The van der Waals surface area contributed by atoms with E-state index in [1.54, 1.807) is 0 Å². The lowest BCUT2D eigenvalue weighted by molar-refractivity contribution is -0.167. The second-order valence-electron chi connectivity index (χ2n) is 4.16. The predicted molar refractivity (Wildman–Crippen MR) is 45.6 cm³/mol. The predicted octanol–water partition coefficient (Wildman–Crippen LogP) is 2.13. The maximum Gasteiger partial charge on any atom is 0.308 e. The number of esters is 1. The van der Waals surface area contributed by atoms with Gasteiger partial charge in [0.2, 0.25) is 0 Å². The highest BCUT2D eigenvalue weighted by molar-refractivity contribution is 5.73. The van der Waals surface area contributed by atoms with Gasteiger partial charge in [0.25, 0.3) is 0 Å². The van der Waals surface area contributed by atoms with Crippen LogP contribution in [0.3, 0.4) is 0 Å². The molecule has 0 aromatic heterocycles. The minimum absolute atomic E-state index is 0.0261. The van der Waals surface area contributed by atoms with Crippen molar-refractivity contribution in [2.45, 2.75) is 45.1 Å². The summed E-state index contributed by atoms with van der Waals surface area (Å²) in [7, 11) is 0. The van der Waals surface area contributed by atoms with Gasteiger partial charge < -0.3 is 4.74 Å². The van der Waals surface area contributed by atoms with Gasteiger partial charge in [0.1, 0.15) is 6.10 Å². The molecule has 2 aliphatic rings. The first kappa shape index (κ1) is 8.09. The highest BCUT2D eigenvalue weighted by Gasteiger charge is 2.36. The molecule has 68 valence electrons. The van der Waals surface area contributed by atoms with E-state index in [0.717, 1.165) is 12.8 Å². The molecule has 2 nitrogen and oxygen atoms in total. The SMILES string of the molecule is CC1C[C@H]2CCCC[C@H]2OC1=O. The van der Waals surface area contributed by atoms with Crippen molar-refractivity contribution < 1.29 is 9.53 Å². The number of carbonyl (C=O) groups excluding carboxylic acids is 1. The van der Waals surface area contributed by atoms with Crippen molar-refractivity contribution in [2.75, 3.05) is 0 Å². The van der Waals surface area contributed by atoms with Crippen LogP contribution in [0.4, 0.5) is 0 Å². The summed E-state index contributed by atoms with van der Waals surface area (Å²) in [5.41, 5.74) is 0. The molecule has 2 fully saturated rings. The zero-order chi connectivity index (χ0) is 8.55. The fourth-order valence-electron chi connectivity index (χ4n) is 2.41. The maximum absolute atomic E-state index is 11.2. The first-order valence-corrected chi connectivity index (χ1v) is 4.98. The Balaban J connectivity index is 2.02. The lowest BCUT2D eigenvalue weighted by Crippen LogP contribution is -2.38. The number of carbonyl (C=O) groups is 1. The molecule has 1 saturated carbocycles. The van der Waals surface area contributed by atoms with Crippen LogP contribution < -0.4 is 0 Å². The second kappa shape index (κ2) is 3.08. The maximum atomic E-state index is 11.2. The minimum Gasteiger partial charge on any atom is -0.462 e. The Bertz CT molecular complexity index is 188. The standard InChI is InChI=1S/C10H16O2/c1-7-6-8-4-2-3-5-9(8)12-10(7)11/h7-9H,2-6H2,1H3/t7?,8-,9-/m1/s1. The number of hydrogen-bond acceptors (Lipinski definition) is 2. The Morgan fingerprint density at radius 1 is 1.33 bits per heavy atom. The first-order valence-electron chi connectivity index (χ1n) is 4.98. The second-order valence-corrected chi connectivity index (χ2v) is 4.16. The third kappa shape index (κ3) is 1.35. The highest BCUT2D eigenvalue weighted by Crippen LogP contribution is 2.35. The molecule has 3 atom stereocenters. The van der Waals surface area contributed by atoms with Crippen LogP contribution in [0, 0.1) is 11.8 Å². The van der Waals surface area contributed by atoms with Crippen molar-refractivity contribution >= 4 is 5.97 Å². The van der Waals surface area contributed by atoms with Gasteiger partial charge in [-0.1, -0.05) is 13.3 Å². The van der Waals surface area contributed by atoms with Gasteiger partial charge >= 0.3 is 5.97 Å². The van der Waals surface area contributed by atoms with Crippen molar-refractivity contribution in [3.8, 4) is 0 Å². The van der Waals surface area contributed by atoms with Crippen molar-refractivity contribution in [2.24, 2.45) is 11.8 Å². The van der Waals surface area contributed by atoms with Gasteiger partial charge in [-0.15, -0.1) is 0 Å². The molecule has 12 heavy (non-hydrogen) atoms. The van der Waals surface area contributed by atoms with Gasteiger partial charge in [-0.25, -0.2) is 0 Å². The molecule has 2 heteroatoms. The summed E-state index contributed by atoms with van der Waals surface area (Å²) in [6.45, 7) is 1.98. The van der Waals surface area contributed by atoms with Crippen LogP contribution in [0.1, 0.15) is 39.0 Å². The molecule has 0 radical (unpaired) electrons. The average Bonchev–Trinajstić information content (AvgIpc) is 2.07. The van der Waals surface area contributed by atoms with E-state index in [2.05, 4.69) is 0 Å². The van der Waals surface area contributed by atoms with Gasteiger partial charge in [0.15, 0.2) is 0 Å². The summed E-state index contributed by atoms with van der Waals surface area (Å²) in [5, 5.41) is 0. The van der Waals surface area contributed by atoms with E-state index in [1.165, 1.54) is 19.3 Å². The Hall–Kier alpha value is -0.530. The largest absolute Gasteiger partial charge is 0.462 e. The Kier molecular flexibility index (Phi) is 2.07. The fourth-order valence-corrected chi connectivity index (χ4v) is 2.41. The van der Waals surface area contributed by atoms with Crippen LogP contribution in [0.5, 0.6) is 0 Å². The van der Waals surface area contributed by atoms with Crippen LogP contribution >= 0.6 is 0 Å². The lowest BCUT2D eigenvalue weighted by atomic mass is 9.79. The van der Waals surface area contributed by atoms with Gasteiger partial charge in [0.05, 0.1) is 5.92 Å². The van der Waals surface area contributed by atoms with E-state index in [4.69, 9.17) is 4.74 Å². The lowest BCUT2D eigenvalue weighted by Gasteiger charge is -2.37. The molecule has 1 unspecified atom stereocenters. The minimum atomic E-state index is 0.0261. The molecule has 0 N–H and O–H groups in total. The molecule has 0 amide bonds. The number of rotatable bonds is 0. The molecule has 1 aliphatic heterocycles. The van der Waals surface area contributed by atoms with E-state index in [9.17, 15) is 4.79 Å². The van der Waals surface area contributed by atoms with Crippen LogP contribution in [0.25, 0.3) is 0 Å².